The molecule has 4 nitrogen and oxygen atoms in total. The van der Waals surface area contributed by atoms with Crippen LogP contribution in [0, 0.1) is 42.5 Å². The smallest absolute Gasteiger partial charge is 0.103 e. The van der Waals surface area contributed by atoms with Crippen molar-refractivity contribution in [3.63, 3.8) is 0 Å². The molecule has 2 N–H and O–H groups in total. The van der Waals surface area contributed by atoms with Crippen LogP contribution in [0.3, 0.4) is 0 Å². The Bertz CT molecular complexity index is 342. The number of hydrogen-bond acceptors (Lipinski definition) is 2. The predicted octanol–water partition coefficient (Wildman–Crippen LogP) is 9.62. The van der Waals surface area contributed by atoms with E-state index in [-0.39, 0.29) is 88.7 Å². The number of nitrogens with one attached hydrogen (secondary N) is 2. The van der Waals surface area contributed by atoms with Crippen LogP contribution in [0.4, 0.5) is 0 Å². The van der Waals surface area contributed by atoms with Crippen molar-refractivity contribution < 1.29 is 42.1 Å². The Morgan fingerprint density at radius 3 is 0.647 bits per heavy atom. The van der Waals surface area contributed by atoms with Crippen molar-refractivity contribution in [1.29, 1.82) is 0 Å². The third-order valence-corrected chi connectivity index (χ3v) is 1.66. The fourth-order valence-electron chi connectivity index (χ4n) is 1.09. The van der Waals surface area contributed by atoms with Crippen molar-refractivity contribution in [2.24, 2.45) is 0 Å². The summed E-state index contributed by atoms with van der Waals surface area (Å²) in [7, 11) is 0. The van der Waals surface area contributed by atoms with E-state index < -0.39 is 0 Å². The van der Waals surface area contributed by atoms with Gasteiger partial charge in [0.25, 0.3) is 0 Å². The molecule has 0 saturated carbocycles. The maximum absolute atomic E-state index is 3.96. The Morgan fingerprint density at radius 1 is 0.471 bits per heavy atom. The van der Waals surface area contributed by atoms with Crippen LogP contribution in [0.2, 0.25) is 0 Å². The van der Waals surface area contributed by atoms with Crippen LogP contribution in [0.25, 0.3) is 0 Å². The summed E-state index contributed by atoms with van der Waals surface area (Å²) in [5, 5.41) is 0. The summed E-state index contributed by atoms with van der Waals surface area (Å²) < 4.78 is 0. The van der Waals surface area contributed by atoms with E-state index in [1.165, 1.54) is 0 Å². The molecule has 2 aromatic heterocycles. The second-order valence-corrected chi connectivity index (χ2v) is 3.30. The van der Waals surface area contributed by atoms with E-state index in [4.69, 9.17) is 0 Å². The summed E-state index contributed by atoms with van der Waals surface area (Å²) in [5.74, 6) is 1.97. The van der Waals surface area contributed by atoms with E-state index in [1.54, 1.807) is 0 Å². The van der Waals surface area contributed by atoms with Crippen LogP contribution in [-0.4, -0.2) is 36.8 Å². The second-order valence-electron chi connectivity index (χ2n) is 3.30. The quantitative estimate of drug-likeness (QED) is 0.206. The number of aryl methyl sites for hydroxylation is 4. The zero-order valence-electron chi connectivity index (χ0n) is 25.0. The Morgan fingerprint density at radius 2 is 0.618 bits per heavy atom. The van der Waals surface area contributed by atoms with Crippen LogP contribution in [0.15, 0.2) is 12.4 Å². The van der Waals surface area contributed by atoms with Crippen molar-refractivity contribution in [3.05, 3.63) is 50.3 Å². The van der Waals surface area contributed by atoms with Gasteiger partial charge >= 0.3 is 0 Å². The molecule has 0 atom stereocenters. The molecular weight excluding hydrogens is 758 g/mol. The van der Waals surface area contributed by atoms with Gasteiger partial charge in [-0.2, -0.15) is 0 Å². The van der Waals surface area contributed by atoms with Gasteiger partial charge in [0.05, 0.1) is 0 Å². The summed E-state index contributed by atoms with van der Waals surface area (Å²) in [4.78, 5) is 14.0. The van der Waals surface area contributed by atoms with Gasteiger partial charge in [0.2, 0.25) is 0 Å². The van der Waals surface area contributed by atoms with Gasteiger partial charge in [0.15, 0.2) is 0 Å². The molecule has 34 heavy (non-hydrogen) atoms. The predicted molar refractivity (Wildman–Crippen MR) is 162 cm³/mol. The van der Waals surface area contributed by atoms with Gasteiger partial charge in [0.1, 0.15) is 11.6 Å². The number of H-pyrrole nitrogens is 2. The fourth-order valence-corrected chi connectivity index (χ4v) is 1.09. The number of nitrogens with zero attached hydrogens (tertiary/aromatic N) is 2. The zero-order valence-corrected chi connectivity index (χ0v) is 30.9. The van der Waals surface area contributed by atoms with Crippen molar-refractivity contribution in [2.45, 2.75) is 126 Å². The molecular formula is C26H66B2N4W2-2. The Balaban J connectivity index is -0.0000000118. The number of aromatic amines is 2. The molecule has 0 spiro atoms. The van der Waals surface area contributed by atoms with E-state index in [2.05, 4.69) is 19.9 Å². The molecule has 0 aliphatic rings. The summed E-state index contributed by atoms with van der Waals surface area (Å²) in [6.07, 6.45) is 3.63. The molecule has 210 valence electrons. The first-order chi connectivity index (χ1) is 12.6. The Kier molecular flexibility index (Phi) is 285. The van der Waals surface area contributed by atoms with E-state index in [0.717, 1.165) is 23.0 Å². The molecule has 2 rings (SSSR count). The number of hydrogen-bond donors (Lipinski definition) is 2. The number of imidazole rings is 2. The van der Waals surface area contributed by atoms with Gasteiger partial charge in [-0.05, 0) is 27.7 Å². The number of aromatic nitrogens is 4. The summed E-state index contributed by atoms with van der Waals surface area (Å²) in [5.41, 5.74) is 2.25. The fraction of sp³-hybridized carbons (Fsp3) is 0.692. The van der Waals surface area contributed by atoms with Crippen LogP contribution in [0.5, 0.6) is 0 Å². The van der Waals surface area contributed by atoms with Gasteiger partial charge in [-0.25, -0.2) is 9.97 Å². The maximum Gasteiger partial charge on any atom is 0.103 e. The van der Waals surface area contributed by atoms with Crippen LogP contribution in [-0.2, 0) is 42.1 Å². The van der Waals surface area contributed by atoms with E-state index in [0.29, 0.717) is 0 Å². The SMILES string of the molecule is C.C.CC.CC.CC.CC.CC.CC.Cc1cnc(C)[nH]1.Cc1cnc(C)[nH]1.[B].[B].[CH3-].[CH3-].[W].[W]. The van der Waals surface area contributed by atoms with Crippen molar-refractivity contribution in [2.75, 3.05) is 0 Å². The van der Waals surface area contributed by atoms with Gasteiger partial charge in [-0.3, -0.25) is 0 Å². The monoisotopic (exact) mass is 824 g/mol. The largest absolute Gasteiger partial charge is 0.358 e. The van der Waals surface area contributed by atoms with Crippen LogP contribution in [0.1, 0.15) is 121 Å². The normalized spacial score (nSPS) is 4.94. The molecule has 8 heteroatoms. The minimum absolute atomic E-state index is 0. The van der Waals surface area contributed by atoms with Crippen LogP contribution < -0.4 is 0 Å². The third kappa shape index (κ3) is 95.0. The first-order valence-corrected chi connectivity index (χ1v) is 10.5. The van der Waals surface area contributed by atoms with Gasteiger partial charge in [0, 0.05) is 82.7 Å². The average Bonchev–Trinajstić information content (AvgIpc) is 3.31. The van der Waals surface area contributed by atoms with E-state index in [9.17, 15) is 0 Å². The average molecular weight is 824 g/mol. The Hall–Kier alpha value is -0.0735. The standard InChI is InChI=1S/2C5H8N2.6C2H6.2CH4.2CH3.2B.2W/c2*1-4-3-6-5(2)7-4;6*1-2;;;;;;;;/h2*3H,1-2H3,(H,6,7);6*1-2H3;2*1H4;2*1H3;;;;/q;;;;;;;;;;2*-1;;;;. The maximum atomic E-state index is 3.96. The van der Waals surface area contributed by atoms with Gasteiger partial charge < -0.3 is 24.8 Å². The molecule has 6 radical (unpaired) electrons. The first kappa shape index (κ1) is 92.6. The molecule has 2 heterocycles. The topological polar surface area (TPSA) is 57.4 Å². The van der Waals surface area contributed by atoms with Crippen LogP contribution >= 0.6 is 0 Å². The van der Waals surface area contributed by atoms with E-state index in [1.807, 2.05) is 123 Å². The van der Waals surface area contributed by atoms with Crippen molar-refractivity contribution in [1.82, 2.24) is 19.9 Å². The van der Waals surface area contributed by atoms with Crippen molar-refractivity contribution in [3.8, 4) is 0 Å². The minimum atomic E-state index is 0. The number of rotatable bonds is 0. The molecule has 0 saturated heterocycles. The minimum Gasteiger partial charge on any atom is -0.358 e. The molecule has 2 aromatic rings. The summed E-state index contributed by atoms with van der Waals surface area (Å²) in [6, 6.07) is 0. The molecule has 0 aliphatic heterocycles. The second kappa shape index (κ2) is 104. The zero-order chi connectivity index (χ0) is 22.6. The summed E-state index contributed by atoms with van der Waals surface area (Å²) >= 11 is 0. The molecule has 0 amide bonds. The van der Waals surface area contributed by atoms with Gasteiger partial charge in [-0.15, -0.1) is 0 Å². The molecule has 0 aliphatic carbocycles. The Labute approximate surface area is 253 Å². The van der Waals surface area contributed by atoms with Gasteiger partial charge in [-0.1, -0.05) is 97.9 Å². The third-order valence-electron chi connectivity index (χ3n) is 1.66. The summed E-state index contributed by atoms with van der Waals surface area (Å²) in [6.45, 7) is 31.8. The molecule has 0 bridgehead atoms. The van der Waals surface area contributed by atoms with E-state index >= 15 is 0 Å². The van der Waals surface area contributed by atoms with Crippen molar-refractivity contribution >= 4 is 16.8 Å². The molecule has 0 unspecified atom stereocenters. The molecule has 0 fully saturated rings. The first-order valence-electron chi connectivity index (χ1n) is 10.5. The molecule has 0 aromatic carbocycles.